The van der Waals surface area contributed by atoms with E-state index in [1.165, 1.54) is 0 Å². The van der Waals surface area contributed by atoms with Crippen LogP contribution in [0, 0.1) is 0 Å². The molecule has 7 nitrogen and oxygen atoms in total. The molecule has 0 bridgehead atoms. The quantitative estimate of drug-likeness (QED) is 0.701. The SMILES string of the molecule is Nc1cc(N)cc(-c2nc(C(=O)NC3CC3)no2)c1. The number of hydrogen-bond donors (Lipinski definition) is 3. The number of carbonyl (C=O) groups excluding carboxylic acids is 1. The zero-order valence-corrected chi connectivity index (χ0v) is 10.1. The van der Waals surface area contributed by atoms with Gasteiger partial charge in [0.2, 0.25) is 0 Å². The van der Waals surface area contributed by atoms with E-state index in [9.17, 15) is 4.79 Å². The number of carbonyl (C=O) groups is 1. The molecule has 1 aliphatic carbocycles. The Balaban J connectivity index is 1.85. The fourth-order valence-electron chi connectivity index (χ4n) is 1.71. The van der Waals surface area contributed by atoms with Gasteiger partial charge in [0, 0.05) is 23.0 Å². The zero-order valence-electron chi connectivity index (χ0n) is 10.1. The van der Waals surface area contributed by atoms with Crippen LogP contribution in [0.1, 0.15) is 23.5 Å². The van der Waals surface area contributed by atoms with Gasteiger partial charge in [-0.25, -0.2) is 0 Å². The summed E-state index contributed by atoms with van der Waals surface area (Å²) in [5.74, 6) is -0.0859. The summed E-state index contributed by atoms with van der Waals surface area (Å²) in [7, 11) is 0. The lowest BCUT2D eigenvalue weighted by Crippen LogP contribution is -2.26. The van der Waals surface area contributed by atoms with Crippen LogP contribution in [-0.4, -0.2) is 22.1 Å². The third-order valence-corrected chi connectivity index (χ3v) is 2.77. The predicted octanol–water partition coefficient (Wildman–Crippen LogP) is 0.793. The molecule has 2 aromatic rings. The molecule has 0 aliphatic heterocycles. The maximum atomic E-state index is 11.7. The Morgan fingerprint density at radius 1 is 1.26 bits per heavy atom. The van der Waals surface area contributed by atoms with Crippen molar-refractivity contribution in [2.45, 2.75) is 18.9 Å². The molecular weight excluding hydrogens is 246 g/mol. The lowest BCUT2D eigenvalue weighted by Gasteiger charge is -1.99. The number of benzene rings is 1. The number of anilines is 2. The molecule has 0 spiro atoms. The lowest BCUT2D eigenvalue weighted by molar-refractivity contribution is 0.0937. The van der Waals surface area contributed by atoms with Crippen molar-refractivity contribution in [1.29, 1.82) is 0 Å². The van der Waals surface area contributed by atoms with Crippen LogP contribution in [0.4, 0.5) is 11.4 Å². The third-order valence-electron chi connectivity index (χ3n) is 2.77. The number of nitrogens with one attached hydrogen (secondary N) is 1. The molecule has 3 rings (SSSR count). The zero-order chi connectivity index (χ0) is 13.4. The van der Waals surface area contributed by atoms with Gasteiger partial charge in [0.25, 0.3) is 17.6 Å². The van der Waals surface area contributed by atoms with E-state index in [1.54, 1.807) is 18.2 Å². The standard InChI is InChI=1S/C12H13N5O2/c13-7-3-6(4-8(14)5-7)12-16-10(17-19-12)11(18)15-9-1-2-9/h3-5,9H,1-2,13-14H2,(H,15,18). The summed E-state index contributed by atoms with van der Waals surface area (Å²) in [4.78, 5) is 15.8. The molecule has 0 atom stereocenters. The summed E-state index contributed by atoms with van der Waals surface area (Å²) < 4.78 is 5.05. The van der Waals surface area contributed by atoms with Crippen LogP contribution in [-0.2, 0) is 0 Å². The number of amides is 1. The summed E-state index contributed by atoms with van der Waals surface area (Å²) >= 11 is 0. The van der Waals surface area contributed by atoms with Crippen molar-refractivity contribution in [3.63, 3.8) is 0 Å². The van der Waals surface area contributed by atoms with Crippen LogP contribution in [0.2, 0.25) is 0 Å². The Morgan fingerprint density at radius 3 is 2.58 bits per heavy atom. The first-order valence-electron chi connectivity index (χ1n) is 5.93. The highest BCUT2D eigenvalue weighted by molar-refractivity contribution is 5.91. The van der Waals surface area contributed by atoms with Gasteiger partial charge < -0.3 is 21.3 Å². The Kier molecular flexibility index (Phi) is 2.59. The van der Waals surface area contributed by atoms with Gasteiger partial charge in [0.15, 0.2) is 0 Å². The molecule has 1 amide bonds. The molecule has 0 radical (unpaired) electrons. The third kappa shape index (κ3) is 2.49. The molecule has 1 heterocycles. The van der Waals surface area contributed by atoms with Gasteiger partial charge in [-0.3, -0.25) is 4.79 Å². The van der Waals surface area contributed by atoms with Crippen LogP contribution >= 0.6 is 0 Å². The minimum atomic E-state index is -0.325. The summed E-state index contributed by atoms with van der Waals surface area (Å²) in [5, 5.41) is 6.44. The number of nitrogen functional groups attached to an aromatic ring is 2. The first-order chi connectivity index (χ1) is 9.11. The summed E-state index contributed by atoms with van der Waals surface area (Å²) in [6, 6.07) is 5.19. The minimum absolute atomic E-state index is 0.0166. The molecule has 19 heavy (non-hydrogen) atoms. The van der Waals surface area contributed by atoms with Gasteiger partial charge >= 0.3 is 0 Å². The molecule has 98 valence electrons. The predicted molar refractivity (Wildman–Crippen MR) is 69.0 cm³/mol. The minimum Gasteiger partial charge on any atom is -0.399 e. The second-order valence-electron chi connectivity index (χ2n) is 4.56. The van der Waals surface area contributed by atoms with Crippen molar-refractivity contribution < 1.29 is 9.32 Å². The maximum absolute atomic E-state index is 11.7. The largest absolute Gasteiger partial charge is 0.399 e. The van der Waals surface area contributed by atoms with Crippen LogP contribution in [0.25, 0.3) is 11.5 Å². The molecule has 0 unspecified atom stereocenters. The van der Waals surface area contributed by atoms with Crippen LogP contribution in [0.3, 0.4) is 0 Å². The first kappa shape index (κ1) is 11.5. The highest BCUT2D eigenvalue weighted by Crippen LogP contribution is 2.23. The topological polar surface area (TPSA) is 120 Å². The van der Waals surface area contributed by atoms with Crippen molar-refractivity contribution in [3.8, 4) is 11.5 Å². The molecule has 1 fully saturated rings. The molecule has 7 heteroatoms. The molecular formula is C12H13N5O2. The smallest absolute Gasteiger partial charge is 0.292 e. The number of aromatic nitrogens is 2. The molecule has 5 N–H and O–H groups in total. The second kappa shape index (κ2) is 4.27. The van der Waals surface area contributed by atoms with Crippen LogP contribution in [0.15, 0.2) is 22.7 Å². The molecule has 1 aliphatic rings. The molecule has 1 saturated carbocycles. The van der Waals surface area contributed by atoms with Crippen molar-refractivity contribution in [1.82, 2.24) is 15.5 Å². The Labute approximate surface area is 109 Å². The number of nitrogens with zero attached hydrogens (tertiary/aromatic N) is 2. The Morgan fingerprint density at radius 2 is 1.95 bits per heavy atom. The fraction of sp³-hybridized carbons (Fsp3) is 0.250. The highest BCUT2D eigenvalue weighted by atomic mass is 16.5. The van der Waals surface area contributed by atoms with Gasteiger partial charge in [-0.2, -0.15) is 4.98 Å². The van der Waals surface area contributed by atoms with Crippen molar-refractivity contribution in [2.24, 2.45) is 0 Å². The van der Waals surface area contributed by atoms with E-state index in [0.29, 0.717) is 16.9 Å². The van der Waals surface area contributed by atoms with Gasteiger partial charge in [-0.05, 0) is 31.0 Å². The van der Waals surface area contributed by atoms with Crippen molar-refractivity contribution >= 4 is 17.3 Å². The van der Waals surface area contributed by atoms with E-state index in [-0.39, 0.29) is 23.7 Å². The van der Waals surface area contributed by atoms with Gasteiger partial charge in [-0.1, -0.05) is 5.16 Å². The average Bonchev–Trinajstić information content (AvgIpc) is 3.02. The molecule has 0 saturated heterocycles. The van der Waals surface area contributed by atoms with Crippen molar-refractivity contribution in [2.75, 3.05) is 11.5 Å². The van der Waals surface area contributed by atoms with E-state index in [0.717, 1.165) is 12.8 Å². The van der Waals surface area contributed by atoms with Gasteiger partial charge in [0.1, 0.15) is 0 Å². The summed E-state index contributed by atoms with van der Waals surface area (Å²) in [5.41, 5.74) is 13.0. The average molecular weight is 259 g/mol. The highest BCUT2D eigenvalue weighted by Gasteiger charge is 2.26. The maximum Gasteiger partial charge on any atom is 0.292 e. The van der Waals surface area contributed by atoms with E-state index in [1.807, 2.05) is 0 Å². The Bertz CT molecular complexity index is 613. The fourth-order valence-corrected chi connectivity index (χ4v) is 1.71. The number of rotatable bonds is 3. The van der Waals surface area contributed by atoms with Crippen LogP contribution in [0.5, 0.6) is 0 Å². The summed E-state index contributed by atoms with van der Waals surface area (Å²) in [6.45, 7) is 0. The van der Waals surface area contributed by atoms with Gasteiger partial charge in [0.05, 0.1) is 0 Å². The van der Waals surface area contributed by atoms with E-state index < -0.39 is 0 Å². The van der Waals surface area contributed by atoms with E-state index >= 15 is 0 Å². The number of hydrogen-bond acceptors (Lipinski definition) is 6. The van der Waals surface area contributed by atoms with Crippen molar-refractivity contribution in [3.05, 3.63) is 24.0 Å². The number of nitrogens with two attached hydrogens (primary N) is 2. The summed E-state index contributed by atoms with van der Waals surface area (Å²) in [6.07, 6.45) is 2.00. The van der Waals surface area contributed by atoms with E-state index in [4.69, 9.17) is 16.0 Å². The first-order valence-corrected chi connectivity index (χ1v) is 5.93. The van der Waals surface area contributed by atoms with Crippen LogP contribution < -0.4 is 16.8 Å². The Hall–Kier alpha value is -2.57. The molecule has 1 aromatic carbocycles. The normalized spacial score (nSPS) is 14.3. The second-order valence-corrected chi connectivity index (χ2v) is 4.56. The molecule has 1 aromatic heterocycles. The lowest BCUT2D eigenvalue weighted by atomic mass is 10.2. The monoisotopic (exact) mass is 259 g/mol. The van der Waals surface area contributed by atoms with Gasteiger partial charge in [-0.15, -0.1) is 0 Å². The van der Waals surface area contributed by atoms with E-state index in [2.05, 4.69) is 15.5 Å².